The van der Waals surface area contributed by atoms with Crippen molar-refractivity contribution in [2.24, 2.45) is 0 Å². The summed E-state index contributed by atoms with van der Waals surface area (Å²) in [6, 6.07) is 1.01. The Hall–Kier alpha value is -0.713. The van der Waals surface area contributed by atoms with Gasteiger partial charge < -0.3 is 9.05 Å². The second kappa shape index (κ2) is 9.11. The van der Waals surface area contributed by atoms with Gasteiger partial charge in [-0.05, 0) is 13.1 Å². The molecule has 0 aromatic carbocycles. The number of hydrogen-bond donors (Lipinski definition) is 0. The number of allylic oxidation sites excluding steroid dienone is 1. The van der Waals surface area contributed by atoms with Crippen molar-refractivity contribution in [3.63, 3.8) is 0 Å². The Labute approximate surface area is 148 Å². The Morgan fingerprint density at radius 3 is 1.79 bits per heavy atom. The highest BCUT2D eigenvalue weighted by Gasteiger charge is 2.41. The standard InChI is InChI=1S/C17H32NO4PSi/c1-13(2)24(14(3)4,15(5)6)10-8-9-23-21-16(19)11-18(7)12-17(20)22-23/h8-9,13-15H,10-12H2,1-7H3/b9-8+. The second-order valence-electron chi connectivity index (χ2n) is 7.55. The van der Waals surface area contributed by atoms with Gasteiger partial charge in [0.25, 0.3) is 0 Å². The molecule has 1 saturated heterocycles. The monoisotopic (exact) mass is 373 g/mol. The van der Waals surface area contributed by atoms with Crippen LogP contribution in [-0.4, -0.2) is 45.0 Å². The van der Waals surface area contributed by atoms with Gasteiger partial charge in [-0.15, -0.1) is 0 Å². The topological polar surface area (TPSA) is 55.8 Å². The quantitative estimate of drug-likeness (QED) is 0.506. The largest absolute Gasteiger partial charge is 0.402 e. The van der Waals surface area contributed by atoms with E-state index in [-0.39, 0.29) is 25.0 Å². The summed E-state index contributed by atoms with van der Waals surface area (Å²) in [4.78, 5) is 25.2. The Morgan fingerprint density at radius 2 is 1.42 bits per heavy atom. The predicted octanol–water partition coefficient (Wildman–Crippen LogP) is 4.52. The van der Waals surface area contributed by atoms with E-state index in [9.17, 15) is 9.59 Å². The molecular formula is C17H32NO4PSi. The van der Waals surface area contributed by atoms with E-state index in [1.807, 2.05) is 0 Å². The lowest BCUT2D eigenvalue weighted by molar-refractivity contribution is -0.142. The van der Waals surface area contributed by atoms with Gasteiger partial charge in [-0.25, -0.2) is 0 Å². The van der Waals surface area contributed by atoms with Crippen molar-refractivity contribution >= 4 is 28.4 Å². The first-order valence-corrected chi connectivity index (χ1v) is 12.3. The molecule has 1 aliphatic rings. The lowest BCUT2D eigenvalue weighted by Gasteiger charge is -2.42. The van der Waals surface area contributed by atoms with Gasteiger partial charge in [-0.1, -0.05) is 64.2 Å². The van der Waals surface area contributed by atoms with Gasteiger partial charge in [0.05, 0.1) is 21.2 Å². The van der Waals surface area contributed by atoms with Crippen LogP contribution in [0.2, 0.25) is 22.7 Å². The number of carbonyl (C=O) groups is 2. The molecule has 0 aromatic rings. The van der Waals surface area contributed by atoms with Gasteiger partial charge in [0, 0.05) is 5.82 Å². The summed E-state index contributed by atoms with van der Waals surface area (Å²) in [7, 11) is -1.46. The van der Waals surface area contributed by atoms with Crippen LogP contribution in [0, 0.1) is 0 Å². The molecular weight excluding hydrogens is 341 g/mol. The van der Waals surface area contributed by atoms with E-state index < -0.39 is 16.4 Å². The Morgan fingerprint density at radius 1 is 1.00 bits per heavy atom. The smallest absolute Gasteiger partial charge is 0.325 e. The van der Waals surface area contributed by atoms with Crippen molar-refractivity contribution in [2.45, 2.75) is 64.2 Å². The summed E-state index contributed by atoms with van der Waals surface area (Å²) >= 11 is 0. The SMILES string of the molecule is CC(C)[Si](C/C=C/P1OC(=O)CN(C)CC(=O)O1)(C(C)C)C(C)C. The zero-order valence-corrected chi connectivity index (χ0v) is 17.9. The highest BCUT2D eigenvalue weighted by atomic mass is 31.2. The molecule has 0 amide bonds. The molecule has 0 unspecified atom stereocenters. The molecule has 0 spiro atoms. The van der Waals surface area contributed by atoms with Crippen molar-refractivity contribution < 1.29 is 18.6 Å². The maximum atomic E-state index is 11.8. The third kappa shape index (κ3) is 5.40. The van der Waals surface area contributed by atoms with Gasteiger partial charge in [-0.2, -0.15) is 0 Å². The summed E-state index contributed by atoms with van der Waals surface area (Å²) in [5.74, 6) is 1.10. The van der Waals surface area contributed by atoms with Crippen molar-refractivity contribution in [3.05, 3.63) is 11.9 Å². The summed E-state index contributed by atoms with van der Waals surface area (Å²) < 4.78 is 10.6. The van der Waals surface area contributed by atoms with Crippen molar-refractivity contribution in [1.29, 1.82) is 0 Å². The van der Waals surface area contributed by atoms with Crippen LogP contribution in [0.3, 0.4) is 0 Å². The fraction of sp³-hybridized carbons (Fsp3) is 0.765. The first-order chi connectivity index (χ1) is 11.1. The number of carbonyl (C=O) groups excluding carboxylic acids is 2. The molecule has 1 heterocycles. The van der Waals surface area contributed by atoms with E-state index in [1.54, 1.807) is 17.8 Å². The number of rotatable bonds is 6. The van der Waals surface area contributed by atoms with Crippen LogP contribution in [0.4, 0.5) is 0 Å². The van der Waals surface area contributed by atoms with E-state index in [4.69, 9.17) is 9.05 Å². The molecule has 0 aromatic heterocycles. The average molecular weight is 374 g/mol. The minimum Gasteiger partial charge on any atom is -0.402 e. The van der Waals surface area contributed by atoms with Crippen molar-refractivity contribution in [1.82, 2.24) is 4.90 Å². The second-order valence-corrected chi connectivity index (χ2v) is 14.9. The molecule has 1 rings (SSSR count). The molecule has 1 fully saturated rings. The van der Waals surface area contributed by atoms with E-state index in [0.717, 1.165) is 6.04 Å². The third-order valence-electron chi connectivity index (χ3n) is 5.10. The Kier molecular flexibility index (Phi) is 8.10. The van der Waals surface area contributed by atoms with Crippen LogP contribution in [0.25, 0.3) is 0 Å². The molecule has 0 N–H and O–H groups in total. The molecule has 0 bridgehead atoms. The zero-order chi connectivity index (χ0) is 18.5. The van der Waals surface area contributed by atoms with Crippen molar-refractivity contribution in [2.75, 3.05) is 20.1 Å². The molecule has 5 nitrogen and oxygen atoms in total. The molecule has 0 radical (unpaired) electrons. The first kappa shape index (κ1) is 21.3. The molecule has 0 saturated carbocycles. The van der Waals surface area contributed by atoms with Crippen LogP contribution in [0.5, 0.6) is 0 Å². The van der Waals surface area contributed by atoms with Gasteiger partial charge in [0.15, 0.2) is 0 Å². The van der Waals surface area contributed by atoms with Crippen LogP contribution >= 0.6 is 8.38 Å². The summed E-state index contributed by atoms with van der Waals surface area (Å²) in [6.07, 6.45) is 2.09. The lowest BCUT2D eigenvalue weighted by Crippen LogP contribution is -2.43. The van der Waals surface area contributed by atoms with Crippen LogP contribution < -0.4 is 0 Å². The van der Waals surface area contributed by atoms with Crippen LogP contribution in [-0.2, 0) is 18.6 Å². The van der Waals surface area contributed by atoms with E-state index in [0.29, 0.717) is 16.6 Å². The molecule has 138 valence electrons. The molecule has 1 aliphatic heterocycles. The lowest BCUT2D eigenvalue weighted by atomic mass is 10.5. The van der Waals surface area contributed by atoms with Gasteiger partial charge in [0.2, 0.25) is 0 Å². The fourth-order valence-corrected chi connectivity index (χ4v) is 11.0. The van der Waals surface area contributed by atoms with Crippen LogP contribution in [0.15, 0.2) is 11.9 Å². The Bertz CT molecular complexity index is 437. The molecule has 0 aliphatic carbocycles. The van der Waals surface area contributed by atoms with E-state index in [2.05, 4.69) is 47.6 Å². The third-order valence-corrected chi connectivity index (χ3v) is 13.7. The number of hydrogen-bond acceptors (Lipinski definition) is 5. The van der Waals surface area contributed by atoms with Gasteiger partial charge in [-0.3, -0.25) is 14.5 Å². The van der Waals surface area contributed by atoms with Crippen LogP contribution in [0.1, 0.15) is 41.5 Å². The number of likely N-dealkylation sites (N-methyl/N-ethyl adjacent to an activating group) is 1. The van der Waals surface area contributed by atoms with Crippen molar-refractivity contribution in [3.8, 4) is 0 Å². The van der Waals surface area contributed by atoms with Gasteiger partial charge in [0.1, 0.15) is 0 Å². The average Bonchev–Trinajstić information content (AvgIpc) is 2.39. The van der Waals surface area contributed by atoms with E-state index in [1.165, 1.54) is 0 Å². The Balaban J connectivity index is 2.85. The fourth-order valence-electron chi connectivity index (χ4n) is 3.88. The molecule has 0 atom stereocenters. The number of nitrogens with zero attached hydrogens (tertiary/aromatic N) is 1. The maximum Gasteiger partial charge on any atom is 0.325 e. The first-order valence-electron chi connectivity index (χ1n) is 8.65. The van der Waals surface area contributed by atoms with E-state index >= 15 is 0 Å². The van der Waals surface area contributed by atoms with Gasteiger partial charge >= 0.3 is 20.3 Å². The normalized spacial score (nSPS) is 19.1. The zero-order valence-electron chi connectivity index (χ0n) is 16.0. The summed E-state index contributed by atoms with van der Waals surface area (Å²) in [6.45, 7) is 14.1. The summed E-state index contributed by atoms with van der Waals surface area (Å²) in [5, 5.41) is 0. The summed E-state index contributed by atoms with van der Waals surface area (Å²) in [5.41, 5.74) is 1.98. The minimum atomic E-state index is -1.61. The molecule has 7 heteroatoms. The predicted molar refractivity (Wildman–Crippen MR) is 102 cm³/mol. The molecule has 24 heavy (non-hydrogen) atoms. The highest BCUT2D eigenvalue weighted by molar-refractivity contribution is 7.51. The highest BCUT2D eigenvalue weighted by Crippen LogP contribution is 2.46. The maximum absolute atomic E-state index is 11.8. The minimum absolute atomic E-state index is 0.116.